The molecule has 0 fully saturated rings. The molecule has 0 amide bonds. The van der Waals surface area contributed by atoms with Gasteiger partial charge in [-0.15, -0.1) is 0 Å². The zero-order valence-electron chi connectivity index (χ0n) is 7.91. The lowest BCUT2D eigenvalue weighted by molar-refractivity contribution is 1.41. The van der Waals surface area contributed by atoms with Gasteiger partial charge in [0, 0.05) is 17.1 Å². The van der Waals surface area contributed by atoms with Crippen molar-refractivity contribution in [3.8, 4) is 0 Å². The van der Waals surface area contributed by atoms with Crippen LogP contribution in [-0.4, -0.2) is 9.97 Å². The van der Waals surface area contributed by atoms with Crippen LogP contribution in [0.3, 0.4) is 0 Å². The van der Waals surface area contributed by atoms with Gasteiger partial charge < -0.3 is 4.98 Å². The number of H-pyrrole nitrogens is 1. The molecule has 0 aliphatic heterocycles. The maximum atomic E-state index is 4.37. The van der Waals surface area contributed by atoms with Gasteiger partial charge in [0.2, 0.25) is 0 Å². The van der Waals surface area contributed by atoms with Gasteiger partial charge in [-0.1, -0.05) is 12.1 Å². The number of aromatic nitrogens is 2. The summed E-state index contributed by atoms with van der Waals surface area (Å²) in [5.74, 6) is 0. The van der Waals surface area contributed by atoms with Crippen molar-refractivity contribution in [2.45, 2.75) is 6.92 Å². The molecule has 68 valence electrons. The molecule has 2 nitrogen and oxygen atoms in total. The van der Waals surface area contributed by atoms with Gasteiger partial charge >= 0.3 is 0 Å². The fraction of sp³-hybridized carbons (Fsp3) is 0.0833. The summed E-state index contributed by atoms with van der Waals surface area (Å²) in [4.78, 5) is 7.72. The molecule has 0 saturated heterocycles. The average molecular weight is 182 g/mol. The van der Waals surface area contributed by atoms with Crippen LogP contribution in [0.2, 0.25) is 0 Å². The van der Waals surface area contributed by atoms with E-state index in [1.165, 1.54) is 16.5 Å². The predicted octanol–water partition coefficient (Wildman–Crippen LogP) is 3.02. The van der Waals surface area contributed by atoms with E-state index in [0.29, 0.717) is 0 Å². The Bertz CT molecular complexity index is 608. The number of aromatic amines is 1. The first-order valence-electron chi connectivity index (χ1n) is 4.68. The average Bonchev–Trinajstić information content (AvgIpc) is 2.54. The lowest BCUT2D eigenvalue weighted by Gasteiger charge is -1.91. The number of hydrogen-bond acceptors (Lipinski definition) is 1. The summed E-state index contributed by atoms with van der Waals surface area (Å²) in [5.41, 5.74) is 4.60. The van der Waals surface area contributed by atoms with E-state index < -0.39 is 0 Å². The Balaban J connectivity index is 2.57. The summed E-state index contributed by atoms with van der Waals surface area (Å²) in [6.07, 6.45) is 1.83. The molecule has 1 aromatic carbocycles. The fourth-order valence-electron chi connectivity index (χ4n) is 1.83. The van der Waals surface area contributed by atoms with Crippen LogP contribution in [0.1, 0.15) is 5.56 Å². The summed E-state index contributed by atoms with van der Waals surface area (Å²) >= 11 is 0. The highest BCUT2D eigenvalue weighted by molar-refractivity contribution is 6.04. The van der Waals surface area contributed by atoms with Crippen LogP contribution >= 0.6 is 0 Å². The molecule has 2 heterocycles. The molecule has 0 spiro atoms. The molecule has 0 atom stereocenters. The molecule has 0 saturated carbocycles. The Morgan fingerprint density at radius 2 is 2.07 bits per heavy atom. The van der Waals surface area contributed by atoms with Gasteiger partial charge in [-0.3, -0.25) is 4.98 Å². The third-order valence-electron chi connectivity index (χ3n) is 2.51. The van der Waals surface area contributed by atoms with Crippen LogP contribution in [0, 0.1) is 6.92 Å². The lowest BCUT2D eigenvalue weighted by Crippen LogP contribution is -1.72. The largest absolute Gasteiger partial charge is 0.353 e. The van der Waals surface area contributed by atoms with Crippen LogP contribution in [0.25, 0.3) is 21.9 Å². The van der Waals surface area contributed by atoms with Crippen molar-refractivity contribution in [3.05, 3.63) is 42.1 Å². The van der Waals surface area contributed by atoms with Crippen molar-refractivity contribution in [1.82, 2.24) is 9.97 Å². The Labute approximate surface area is 81.6 Å². The van der Waals surface area contributed by atoms with Crippen molar-refractivity contribution >= 4 is 21.9 Å². The molecule has 0 unspecified atom stereocenters. The minimum Gasteiger partial charge on any atom is -0.353 e. The monoisotopic (exact) mass is 182 g/mol. The number of fused-ring (bicyclic) bond motifs is 3. The summed E-state index contributed by atoms with van der Waals surface area (Å²) in [5, 5.41) is 1.20. The first-order valence-corrected chi connectivity index (χ1v) is 4.68. The van der Waals surface area contributed by atoms with Gasteiger partial charge in [-0.25, -0.2) is 0 Å². The highest BCUT2D eigenvalue weighted by Crippen LogP contribution is 2.23. The number of rotatable bonds is 0. The summed E-state index contributed by atoms with van der Waals surface area (Å²) in [6, 6.07) is 10.4. The second-order valence-electron chi connectivity index (χ2n) is 3.57. The Kier molecular flexibility index (Phi) is 1.39. The van der Waals surface area contributed by atoms with Gasteiger partial charge in [0.1, 0.15) is 0 Å². The zero-order chi connectivity index (χ0) is 9.54. The SMILES string of the molecule is Cc1ccc2c(c1)[nH]c1cccnc12. The number of aryl methyl sites for hydroxylation is 1. The van der Waals surface area contributed by atoms with Gasteiger partial charge in [-0.05, 0) is 30.7 Å². The van der Waals surface area contributed by atoms with Crippen LogP contribution < -0.4 is 0 Å². The predicted molar refractivity (Wildman–Crippen MR) is 58.3 cm³/mol. The molecule has 2 heteroatoms. The number of benzene rings is 1. The quantitative estimate of drug-likeness (QED) is 0.568. The maximum Gasteiger partial charge on any atom is 0.0957 e. The van der Waals surface area contributed by atoms with E-state index in [9.17, 15) is 0 Å². The van der Waals surface area contributed by atoms with Crippen LogP contribution in [0.15, 0.2) is 36.5 Å². The number of pyridine rings is 1. The summed E-state index contributed by atoms with van der Waals surface area (Å²) < 4.78 is 0. The van der Waals surface area contributed by atoms with Gasteiger partial charge in [0.25, 0.3) is 0 Å². The molecule has 0 aliphatic rings. The van der Waals surface area contributed by atoms with Crippen LogP contribution in [0.5, 0.6) is 0 Å². The molecule has 0 radical (unpaired) electrons. The molecule has 0 aliphatic carbocycles. The highest BCUT2D eigenvalue weighted by atomic mass is 14.8. The number of nitrogens with zero attached hydrogens (tertiary/aromatic N) is 1. The van der Waals surface area contributed by atoms with Crippen molar-refractivity contribution < 1.29 is 0 Å². The Morgan fingerprint density at radius 3 is 3.00 bits per heavy atom. The number of nitrogens with one attached hydrogen (secondary N) is 1. The van der Waals surface area contributed by atoms with E-state index in [0.717, 1.165) is 11.0 Å². The van der Waals surface area contributed by atoms with Crippen molar-refractivity contribution in [1.29, 1.82) is 0 Å². The van der Waals surface area contributed by atoms with E-state index in [1.807, 2.05) is 12.3 Å². The normalized spacial score (nSPS) is 11.2. The fourth-order valence-corrected chi connectivity index (χ4v) is 1.83. The van der Waals surface area contributed by atoms with Crippen molar-refractivity contribution in [3.63, 3.8) is 0 Å². The molecule has 0 bridgehead atoms. The second-order valence-corrected chi connectivity index (χ2v) is 3.57. The molecular formula is C12H10N2. The van der Waals surface area contributed by atoms with E-state index in [1.54, 1.807) is 0 Å². The summed E-state index contributed by atoms with van der Waals surface area (Å²) in [7, 11) is 0. The Morgan fingerprint density at radius 1 is 1.14 bits per heavy atom. The standard InChI is InChI=1S/C12H10N2/c1-8-4-5-9-11(7-8)14-10-3-2-6-13-12(9)10/h2-7,14H,1H3. The summed E-state index contributed by atoms with van der Waals surface area (Å²) in [6.45, 7) is 2.10. The smallest absolute Gasteiger partial charge is 0.0957 e. The first kappa shape index (κ1) is 7.56. The van der Waals surface area contributed by atoms with E-state index >= 15 is 0 Å². The molecule has 1 N–H and O–H groups in total. The first-order chi connectivity index (χ1) is 6.84. The van der Waals surface area contributed by atoms with E-state index in [-0.39, 0.29) is 0 Å². The van der Waals surface area contributed by atoms with Crippen LogP contribution in [0.4, 0.5) is 0 Å². The van der Waals surface area contributed by atoms with Gasteiger partial charge in [0.05, 0.1) is 11.0 Å². The Hall–Kier alpha value is -1.83. The molecular weight excluding hydrogens is 172 g/mol. The second kappa shape index (κ2) is 2.58. The van der Waals surface area contributed by atoms with Crippen LogP contribution in [-0.2, 0) is 0 Å². The molecule has 14 heavy (non-hydrogen) atoms. The topological polar surface area (TPSA) is 28.7 Å². The number of hydrogen-bond donors (Lipinski definition) is 1. The molecule has 3 rings (SSSR count). The third kappa shape index (κ3) is 0.940. The third-order valence-corrected chi connectivity index (χ3v) is 2.51. The van der Waals surface area contributed by atoms with E-state index in [4.69, 9.17) is 0 Å². The molecule has 2 aromatic heterocycles. The highest BCUT2D eigenvalue weighted by Gasteiger charge is 2.03. The minimum atomic E-state index is 1.06. The van der Waals surface area contributed by atoms with Gasteiger partial charge in [0.15, 0.2) is 0 Å². The zero-order valence-corrected chi connectivity index (χ0v) is 7.91. The van der Waals surface area contributed by atoms with Crippen molar-refractivity contribution in [2.75, 3.05) is 0 Å². The van der Waals surface area contributed by atoms with E-state index in [2.05, 4.69) is 41.2 Å². The van der Waals surface area contributed by atoms with Crippen molar-refractivity contribution in [2.24, 2.45) is 0 Å². The molecule has 3 aromatic rings. The van der Waals surface area contributed by atoms with Gasteiger partial charge in [-0.2, -0.15) is 0 Å². The lowest BCUT2D eigenvalue weighted by atomic mass is 10.2. The maximum absolute atomic E-state index is 4.37. The minimum absolute atomic E-state index is 1.06.